The zero-order valence-corrected chi connectivity index (χ0v) is 13.8. The van der Waals surface area contributed by atoms with Crippen molar-refractivity contribution < 1.29 is 27.1 Å². The first kappa shape index (κ1) is 18.0. The Morgan fingerprint density at radius 1 is 1.48 bits per heavy atom. The molecule has 0 radical (unpaired) electrons. The molecule has 1 atom stereocenters. The van der Waals surface area contributed by atoms with Crippen LogP contribution >= 0.6 is 15.9 Å². The smallest absolute Gasteiger partial charge is 0.339 e. The van der Waals surface area contributed by atoms with E-state index in [1.54, 1.807) is 13.8 Å². The van der Waals surface area contributed by atoms with Crippen molar-refractivity contribution in [2.75, 3.05) is 13.2 Å². The Kier molecular flexibility index (Phi) is 6.26. The van der Waals surface area contributed by atoms with E-state index in [4.69, 9.17) is 14.6 Å². The minimum absolute atomic E-state index is 0.139. The second-order valence-corrected chi connectivity index (χ2v) is 6.51. The van der Waals surface area contributed by atoms with E-state index in [9.17, 15) is 17.6 Å². The van der Waals surface area contributed by atoms with Crippen LogP contribution in [0.2, 0.25) is 0 Å². The highest BCUT2D eigenvalue weighted by Gasteiger charge is 2.23. The van der Waals surface area contributed by atoms with Gasteiger partial charge in [0.25, 0.3) is 0 Å². The van der Waals surface area contributed by atoms with Gasteiger partial charge in [0.05, 0.1) is 21.5 Å². The number of esters is 1. The molecule has 1 aromatic carbocycles. The molecule has 0 aliphatic rings. The molecule has 9 heteroatoms. The number of halogens is 2. The molecule has 0 amide bonds. The molecular formula is C12H15BrFNO5S. The number of nitrogens with two attached hydrogens (primary N) is 1. The normalized spacial score (nSPS) is 13.0. The lowest BCUT2D eigenvalue weighted by molar-refractivity contribution is 0.00424. The first-order valence-corrected chi connectivity index (χ1v) is 8.31. The molecular weight excluding hydrogens is 369 g/mol. The van der Waals surface area contributed by atoms with Crippen LogP contribution in [0.1, 0.15) is 24.2 Å². The van der Waals surface area contributed by atoms with Crippen LogP contribution in [-0.4, -0.2) is 33.7 Å². The number of hydrogen-bond acceptors (Lipinski definition) is 5. The van der Waals surface area contributed by atoms with Gasteiger partial charge in [0, 0.05) is 6.61 Å². The summed E-state index contributed by atoms with van der Waals surface area (Å²) in [4.78, 5) is 11.4. The predicted molar refractivity (Wildman–Crippen MR) is 76.8 cm³/mol. The third-order valence-electron chi connectivity index (χ3n) is 2.40. The summed E-state index contributed by atoms with van der Waals surface area (Å²) in [7, 11) is -4.17. The van der Waals surface area contributed by atoms with Crippen molar-refractivity contribution in [3.8, 4) is 0 Å². The molecule has 2 N–H and O–H groups in total. The number of ether oxygens (including phenoxy) is 2. The van der Waals surface area contributed by atoms with Gasteiger partial charge in [-0.05, 0) is 41.9 Å². The van der Waals surface area contributed by atoms with E-state index in [1.165, 1.54) is 0 Å². The van der Waals surface area contributed by atoms with Crippen LogP contribution in [-0.2, 0) is 19.5 Å². The van der Waals surface area contributed by atoms with Gasteiger partial charge in [0.1, 0.15) is 11.9 Å². The molecule has 0 saturated heterocycles. The first-order valence-electron chi connectivity index (χ1n) is 5.97. The highest BCUT2D eigenvalue weighted by atomic mass is 79.9. The second kappa shape index (κ2) is 7.30. The maximum Gasteiger partial charge on any atom is 0.339 e. The molecule has 1 rings (SSSR count). The molecule has 0 aromatic heterocycles. The summed E-state index contributed by atoms with van der Waals surface area (Å²) in [6.07, 6.45) is -0.564. The Labute approximate surface area is 130 Å². The van der Waals surface area contributed by atoms with Crippen LogP contribution in [0.3, 0.4) is 0 Å². The van der Waals surface area contributed by atoms with Gasteiger partial charge in [-0.1, -0.05) is 0 Å². The SMILES string of the molecule is CCOCC(C)OC(=O)c1cc(F)cc(S(N)(=O)=O)c1Br. The van der Waals surface area contributed by atoms with Crippen LogP contribution in [0, 0.1) is 5.82 Å². The Morgan fingerprint density at radius 2 is 2.10 bits per heavy atom. The lowest BCUT2D eigenvalue weighted by atomic mass is 10.2. The van der Waals surface area contributed by atoms with Crippen molar-refractivity contribution in [1.29, 1.82) is 0 Å². The van der Waals surface area contributed by atoms with Gasteiger partial charge in [-0.15, -0.1) is 0 Å². The fraction of sp³-hybridized carbons (Fsp3) is 0.417. The molecule has 0 bridgehead atoms. The number of benzene rings is 1. The molecule has 0 saturated carbocycles. The molecule has 0 heterocycles. The van der Waals surface area contributed by atoms with Crippen molar-refractivity contribution in [3.63, 3.8) is 0 Å². The lowest BCUT2D eigenvalue weighted by Gasteiger charge is -2.14. The van der Waals surface area contributed by atoms with Crippen molar-refractivity contribution in [2.45, 2.75) is 24.8 Å². The van der Waals surface area contributed by atoms with Crippen LogP contribution < -0.4 is 5.14 Å². The molecule has 21 heavy (non-hydrogen) atoms. The van der Waals surface area contributed by atoms with Crippen molar-refractivity contribution >= 4 is 31.9 Å². The molecule has 1 unspecified atom stereocenters. The third kappa shape index (κ3) is 5.03. The van der Waals surface area contributed by atoms with E-state index >= 15 is 0 Å². The summed E-state index contributed by atoms with van der Waals surface area (Å²) < 4.78 is 46.2. The minimum atomic E-state index is -4.17. The average molecular weight is 384 g/mol. The molecule has 1 aromatic rings. The average Bonchev–Trinajstić information content (AvgIpc) is 2.37. The van der Waals surface area contributed by atoms with Crippen molar-refractivity contribution in [3.05, 3.63) is 28.0 Å². The summed E-state index contributed by atoms with van der Waals surface area (Å²) in [5.74, 6) is -1.79. The molecule has 118 valence electrons. The summed E-state index contributed by atoms with van der Waals surface area (Å²) >= 11 is 2.94. The predicted octanol–water partition coefficient (Wildman–Crippen LogP) is 1.82. The van der Waals surface area contributed by atoms with E-state index in [2.05, 4.69) is 15.9 Å². The van der Waals surface area contributed by atoms with E-state index in [1.807, 2.05) is 0 Å². The quantitative estimate of drug-likeness (QED) is 0.755. The van der Waals surface area contributed by atoms with Crippen LogP contribution in [0.4, 0.5) is 4.39 Å². The minimum Gasteiger partial charge on any atom is -0.457 e. The Morgan fingerprint density at radius 3 is 2.62 bits per heavy atom. The molecule has 0 aliphatic heterocycles. The molecule has 0 fully saturated rings. The summed E-state index contributed by atoms with van der Waals surface area (Å²) in [5, 5.41) is 4.97. The van der Waals surface area contributed by atoms with E-state index in [0.717, 1.165) is 12.1 Å². The Balaban J connectivity index is 3.08. The number of carbonyl (C=O) groups excluding carboxylic acids is 1. The van der Waals surface area contributed by atoms with Gasteiger partial charge in [-0.2, -0.15) is 0 Å². The van der Waals surface area contributed by atoms with Crippen molar-refractivity contribution in [1.82, 2.24) is 0 Å². The topological polar surface area (TPSA) is 95.7 Å². The van der Waals surface area contributed by atoms with Gasteiger partial charge in [0.15, 0.2) is 0 Å². The standard InChI is InChI=1S/C12H15BrFNO5S/c1-3-19-6-7(2)20-12(16)9-4-8(14)5-10(11(9)13)21(15,17)18/h4-5,7H,3,6H2,1-2H3,(H2,15,17,18). The van der Waals surface area contributed by atoms with Crippen LogP contribution in [0.5, 0.6) is 0 Å². The van der Waals surface area contributed by atoms with E-state index in [0.29, 0.717) is 6.61 Å². The van der Waals surface area contributed by atoms with Gasteiger partial charge in [-0.3, -0.25) is 0 Å². The van der Waals surface area contributed by atoms with Crippen molar-refractivity contribution in [2.24, 2.45) is 5.14 Å². The molecule has 0 spiro atoms. The highest BCUT2D eigenvalue weighted by Crippen LogP contribution is 2.27. The molecule has 0 aliphatic carbocycles. The maximum atomic E-state index is 13.5. The number of hydrogen-bond donors (Lipinski definition) is 1. The van der Waals surface area contributed by atoms with Crippen LogP contribution in [0.25, 0.3) is 0 Å². The summed E-state index contributed by atoms with van der Waals surface area (Å²) in [6, 6.07) is 1.59. The number of primary sulfonamides is 1. The first-order chi connectivity index (χ1) is 9.66. The van der Waals surface area contributed by atoms with Gasteiger partial charge in [0.2, 0.25) is 10.0 Å². The number of sulfonamides is 1. The lowest BCUT2D eigenvalue weighted by Crippen LogP contribution is -2.22. The van der Waals surface area contributed by atoms with E-state index < -0.39 is 32.8 Å². The summed E-state index contributed by atoms with van der Waals surface area (Å²) in [6.45, 7) is 4.02. The fourth-order valence-electron chi connectivity index (χ4n) is 1.48. The molecule has 6 nitrogen and oxygen atoms in total. The zero-order valence-electron chi connectivity index (χ0n) is 11.4. The van der Waals surface area contributed by atoms with Gasteiger partial charge >= 0.3 is 5.97 Å². The highest BCUT2D eigenvalue weighted by molar-refractivity contribution is 9.10. The van der Waals surface area contributed by atoms with Gasteiger partial charge in [-0.25, -0.2) is 22.7 Å². The number of carbonyl (C=O) groups is 1. The Hall–Kier alpha value is -1.03. The Bertz CT molecular complexity index is 635. The van der Waals surface area contributed by atoms with Gasteiger partial charge < -0.3 is 9.47 Å². The van der Waals surface area contributed by atoms with E-state index in [-0.39, 0.29) is 16.6 Å². The fourth-order valence-corrected chi connectivity index (χ4v) is 3.19. The monoisotopic (exact) mass is 383 g/mol. The third-order valence-corrected chi connectivity index (χ3v) is 4.45. The number of rotatable bonds is 6. The largest absolute Gasteiger partial charge is 0.457 e. The zero-order chi connectivity index (χ0) is 16.2. The van der Waals surface area contributed by atoms with Crippen LogP contribution in [0.15, 0.2) is 21.5 Å². The second-order valence-electron chi connectivity index (χ2n) is 4.19. The summed E-state index contributed by atoms with van der Waals surface area (Å²) in [5.41, 5.74) is -0.262. The maximum absolute atomic E-state index is 13.5.